The van der Waals surface area contributed by atoms with Gasteiger partial charge in [0.05, 0.1) is 12.2 Å². The summed E-state index contributed by atoms with van der Waals surface area (Å²) < 4.78 is 5.17. The first-order valence-electron chi connectivity index (χ1n) is 9.93. The molecule has 0 radical (unpaired) electrons. The summed E-state index contributed by atoms with van der Waals surface area (Å²) in [5.74, 6) is -0.191. The highest BCUT2D eigenvalue weighted by molar-refractivity contribution is 6.01. The monoisotopic (exact) mass is 395 g/mol. The lowest BCUT2D eigenvalue weighted by molar-refractivity contribution is -0.137. The summed E-state index contributed by atoms with van der Waals surface area (Å²) in [5.41, 5.74) is 3.01. The summed E-state index contributed by atoms with van der Waals surface area (Å²) in [6.45, 7) is 6.26. The smallest absolute Gasteiger partial charge is 0.289 e. The van der Waals surface area contributed by atoms with Crippen LogP contribution in [0.4, 0.5) is 5.69 Å². The lowest BCUT2D eigenvalue weighted by Crippen LogP contribution is -2.52. The van der Waals surface area contributed by atoms with Gasteiger partial charge in [0.25, 0.3) is 5.91 Å². The number of carbonyl (C=O) groups excluding carboxylic acids is 3. The summed E-state index contributed by atoms with van der Waals surface area (Å²) in [7, 11) is 0. The van der Waals surface area contributed by atoms with E-state index in [-0.39, 0.29) is 30.1 Å². The van der Waals surface area contributed by atoms with E-state index < -0.39 is 0 Å². The van der Waals surface area contributed by atoms with Crippen molar-refractivity contribution in [2.24, 2.45) is 5.92 Å². The van der Waals surface area contributed by atoms with Crippen LogP contribution in [-0.2, 0) is 9.59 Å². The number of carbonyl (C=O) groups is 3. The Bertz CT molecular complexity index is 930. The number of hydrogen-bond acceptors (Lipinski definition) is 4. The Morgan fingerprint density at radius 3 is 2.45 bits per heavy atom. The fraction of sp³-hybridized carbons (Fsp3) is 0.409. The average Bonchev–Trinajstić information content (AvgIpc) is 3.39. The van der Waals surface area contributed by atoms with Crippen LogP contribution in [0.1, 0.15) is 28.1 Å². The van der Waals surface area contributed by atoms with E-state index in [1.165, 1.54) is 6.26 Å². The van der Waals surface area contributed by atoms with Gasteiger partial charge in [-0.25, -0.2) is 0 Å². The van der Waals surface area contributed by atoms with Crippen molar-refractivity contribution in [1.82, 2.24) is 9.80 Å². The van der Waals surface area contributed by atoms with E-state index in [2.05, 4.69) is 0 Å². The summed E-state index contributed by atoms with van der Waals surface area (Å²) in [6, 6.07) is 9.35. The van der Waals surface area contributed by atoms with Gasteiger partial charge in [-0.05, 0) is 43.2 Å². The van der Waals surface area contributed by atoms with Gasteiger partial charge >= 0.3 is 0 Å². The molecule has 7 heteroatoms. The molecule has 29 heavy (non-hydrogen) atoms. The summed E-state index contributed by atoms with van der Waals surface area (Å²) >= 11 is 0. The van der Waals surface area contributed by atoms with E-state index in [0.717, 1.165) is 16.8 Å². The molecular formula is C22H25N3O4. The molecule has 3 heterocycles. The number of nitrogens with zero attached hydrogens (tertiary/aromatic N) is 3. The normalized spacial score (nSPS) is 19.7. The van der Waals surface area contributed by atoms with Crippen molar-refractivity contribution in [1.29, 1.82) is 0 Å². The summed E-state index contributed by atoms with van der Waals surface area (Å²) in [4.78, 5) is 43.2. The molecule has 7 nitrogen and oxygen atoms in total. The van der Waals surface area contributed by atoms with Gasteiger partial charge in [0, 0.05) is 44.8 Å². The van der Waals surface area contributed by atoms with Crippen LogP contribution in [0.15, 0.2) is 41.0 Å². The van der Waals surface area contributed by atoms with Crippen LogP contribution < -0.4 is 4.90 Å². The van der Waals surface area contributed by atoms with Crippen molar-refractivity contribution in [3.8, 4) is 0 Å². The highest BCUT2D eigenvalue weighted by Crippen LogP contribution is 2.30. The molecule has 2 aliphatic rings. The van der Waals surface area contributed by atoms with Crippen LogP contribution in [0.25, 0.3) is 0 Å². The molecule has 3 amide bonds. The van der Waals surface area contributed by atoms with Gasteiger partial charge in [-0.2, -0.15) is 0 Å². The molecule has 0 spiro atoms. The third-order valence-corrected chi connectivity index (χ3v) is 5.74. The molecule has 2 saturated heterocycles. The Balaban J connectivity index is 1.38. The van der Waals surface area contributed by atoms with Crippen LogP contribution >= 0.6 is 0 Å². The van der Waals surface area contributed by atoms with Gasteiger partial charge in [0.1, 0.15) is 0 Å². The van der Waals surface area contributed by atoms with Gasteiger partial charge in [0.15, 0.2) is 5.76 Å². The Morgan fingerprint density at radius 1 is 1.03 bits per heavy atom. The zero-order valence-electron chi connectivity index (χ0n) is 16.8. The summed E-state index contributed by atoms with van der Waals surface area (Å²) in [5, 5.41) is 0. The quantitative estimate of drug-likeness (QED) is 0.799. The van der Waals surface area contributed by atoms with E-state index in [4.69, 9.17) is 4.42 Å². The molecular weight excluding hydrogens is 370 g/mol. The first kappa shape index (κ1) is 19.2. The number of rotatable bonds is 3. The van der Waals surface area contributed by atoms with Crippen molar-refractivity contribution < 1.29 is 18.8 Å². The molecule has 0 saturated carbocycles. The minimum Gasteiger partial charge on any atom is -0.459 e. The number of piperazine rings is 1. The van der Waals surface area contributed by atoms with Crippen molar-refractivity contribution in [3.05, 3.63) is 53.5 Å². The molecule has 1 aromatic heterocycles. The zero-order chi connectivity index (χ0) is 20.5. The Morgan fingerprint density at radius 2 is 1.76 bits per heavy atom. The lowest BCUT2D eigenvalue weighted by atomic mass is 10.1. The first-order chi connectivity index (χ1) is 13.9. The molecule has 2 fully saturated rings. The maximum atomic E-state index is 13.0. The Kier molecular flexibility index (Phi) is 5.13. The van der Waals surface area contributed by atoms with E-state index >= 15 is 0 Å². The topological polar surface area (TPSA) is 74.1 Å². The third-order valence-electron chi connectivity index (χ3n) is 5.74. The Hall–Kier alpha value is -3.09. The van der Waals surface area contributed by atoms with Gasteiger partial charge in [-0.1, -0.05) is 12.1 Å². The van der Waals surface area contributed by atoms with Crippen LogP contribution in [0.3, 0.4) is 0 Å². The molecule has 2 aliphatic heterocycles. The molecule has 152 valence electrons. The molecule has 4 rings (SSSR count). The minimum absolute atomic E-state index is 0.00347. The van der Waals surface area contributed by atoms with E-state index in [1.807, 2.05) is 32.0 Å². The zero-order valence-corrected chi connectivity index (χ0v) is 16.8. The SMILES string of the molecule is Cc1ccc(C)c(N2CC(C(=O)N3CCN(C(=O)c4ccco4)CC3)CC2=O)c1. The van der Waals surface area contributed by atoms with E-state index in [0.29, 0.717) is 38.5 Å². The Labute approximate surface area is 169 Å². The van der Waals surface area contributed by atoms with Crippen molar-refractivity contribution in [3.63, 3.8) is 0 Å². The first-order valence-corrected chi connectivity index (χ1v) is 9.93. The average molecular weight is 395 g/mol. The fourth-order valence-electron chi connectivity index (χ4n) is 4.06. The maximum absolute atomic E-state index is 13.0. The maximum Gasteiger partial charge on any atom is 0.289 e. The fourth-order valence-corrected chi connectivity index (χ4v) is 4.06. The molecule has 0 N–H and O–H groups in total. The predicted molar refractivity (Wildman–Crippen MR) is 108 cm³/mol. The highest BCUT2D eigenvalue weighted by Gasteiger charge is 2.38. The van der Waals surface area contributed by atoms with Crippen molar-refractivity contribution in [2.75, 3.05) is 37.6 Å². The number of anilines is 1. The van der Waals surface area contributed by atoms with Gasteiger partial charge in [0.2, 0.25) is 11.8 Å². The summed E-state index contributed by atoms with van der Waals surface area (Å²) in [6.07, 6.45) is 1.71. The van der Waals surface area contributed by atoms with Gasteiger partial charge in [-0.3, -0.25) is 14.4 Å². The largest absolute Gasteiger partial charge is 0.459 e. The highest BCUT2D eigenvalue weighted by atomic mass is 16.3. The van der Waals surface area contributed by atoms with Crippen LogP contribution in [0, 0.1) is 19.8 Å². The molecule has 1 aromatic carbocycles. The van der Waals surface area contributed by atoms with Crippen molar-refractivity contribution >= 4 is 23.4 Å². The molecule has 0 aliphatic carbocycles. The van der Waals surface area contributed by atoms with Crippen LogP contribution in [-0.4, -0.2) is 60.2 Å². The molecule has 1 atom stereocenters. The number of benzene rings is 1. The second-order valence-electron chi connectivity index (χ2n) is 7.79. The molecule has 1 unspecified atom stereocenters. The molecule has 2 aromatic rings. The number of furan rings is 1. The van der Waals surface area contributed by atoms with Gasteiger partial charge in [-0.15, -0.1) is 0 Å². The van der Waals surface area contributed by atoms with E-state index in [1.54, 1.807) is 26.8 Å². The second kappa shape index (κ2) is 7.73. The van der Waals surface area contributed by atoms with Crippen LogP contribution in [0.5, 0.6) is 0 Å². The molecule has 0 bridgehead atoms. The predicted octanol–water partition coefficient (Wildman–Crippen LogP) is 2.23. The standard InChI is InChI=1S/C22H25N3O4/c1-15-5-6-16(2)18(12-15)25-14-17(13-20(25)26)21(27)23-7-9-24(10-8-23)22(28)19-4-3-11-29-19/h3-6,11-12,17H,7-10,13-14H2,1-2H3. The van der Waals surface area contributed by atoms with Crippen molar-refractivity contribution in [2.45, 2.75) is 20.3 Å². The number of hydrogen-bond donors (Lipinski definition) is 0. The van der Waals surface area contributed by atoms with E-state index in [9.17, 15) is 14.4 Å². The third kappa shape index (κ3) is 3.77. The number of amides is 3. The lowest BCUT2D eigenvalue weighted by Gasteiger charge is -2.35. The number of aryl methyl sites for hydroxylation is 2. The van der Waals surface area contributed by atoms with Gasteiger partial charge < -0.3 is 19.1 Å². The second-order valence-corrected chi connectivity index (χ2v) is 7.79. The van der Waals surface area contributed by atoms with Crippen LogP contribution in [0.2, 0.25) is 0 Å². The minimum atomic E-state index is -0.338.